The molecule has 5 heteroatoms. The minimum absolute atomic E-state index is 0. The number of nitrogens with two attached hydrogens (primary N) is 1. The second-order valence-electron chi connectivity index (χ2n) is 5.20. The van der Waals surface area contributed by atoms with Gasteiger partial charge in [-0.25, -0.2) is 0 Å². The number of carbonyl (C=O) groups is 1. The largest absolute Gasteiger partial charge is 0.374 e. The molecular weight excluding hydrogens is 276 g/mol. The van der Waals surface area contributed by atoms with E-state index in [1.807, 2.05) is 49.1 Å². The number of nitrogens with zero attached hydrogens (tertiary/aromatic N) is 1. The van der Waals surface area contributed by atoms with Gasteiger partial charge in [-0.15, -0.1) is 12.4 Å². The average molecular weight is 299 g/mol. The summed E-state index contributed by atoms with van der Waals surface area (Å²) in [5.74, 6) is -0.0250. The van der Waals surface area contributed by atoms with Crippen LogP contribution in [-0.2, 0) is 9.53 Å². The van der Waals surface area contributed by atoms with Crippen molar-refractivity contribution in [3.8, 4) is 0 Å². The lowest BCUT2D eigenvalue weighted by atomic mass is 10.0. The van der Waals surface area contributed by atoms with Gasteiger partial charge in [0, 0.05) is 19.0 Å². The van der Waals surface area contributed by atoms with Gasteiger partial charge in [-0.05, 0) is 12.5 Å². The van der Waals surface area contributed by atoms with Gasteiger partial charge in [0.05, 0.1) is 18.8 Å². The number of carbonyl (C=O) groups excluding carboxylic acids is 1. The summed E-state index contributed by atoms with van der Waals surface area (Å²) in [6, 6.07) is 10.0. The molecule has 1 aliphatic rings. The third kappa shape index (κ3) is 3.72. The fourth-order valence-electron chi connectivity index (χ4n) is 2.38. The first-order chi connectivity index (χ1) is 9.13. The van der Waals surface area contributed by atoms with Crippen molar-refractivity contribution in [1.82, 2.24) is 4.90 Å². The van der Waals surface area contributed by atoms with Crippen molar-refractivity contribution >= 4 is 18.3 Å². The predicted molar refractivity (Wildman–Crippen MR) is 81.8 cm³/mol. The molecule has 0 bridgehead atoms. The lowest BCUT2D eigenvalue weighted by Gasteiger charge is -2.40. The SMILES string of the molecule is CC1CN(C(=O)C(C)CN)C(c2ccccc2)CO1.Cl. The van der Waals surface area contributed by atoms with Crippen LogP contribution >= 0.6 is 12.4 Å². The van der Waals surface area contributed by atoms with Crippen LogP contribution in [0.2, 0.25) is 0 Å². The van der Waals surface area contributed by atoms with Gasteiger partial charge in [-0.2, -0.15) is 0 Å². The topological polar surface area (TPSA) is 55.6 Å². The predicted octanol–water partition coefficient (Wildman–Crippen LogP) is 1.99. The molecule has 2 rings (SSSR count). The average Bonchev–Trinajstić information content (AvgIpc) is 2.46. The van der Waals surface area contributed by atoms with Crippen molar-refractivity contribution in [2.45, 2.75) is 26.0 Å². The van der Waals surface area contributed by atoms with Gasteiger partial charge in [0.2, 0.25) is 5.91 Å². The first-order valence-electron chi connectivity index (χ1n) is 6.80. The van der Waals surface area contributed by atoms with Crippen LogP contribution in [0, 0.1) is 5.92 Å². The van der Waals surface area contributed by atoms with E-state index in [0.717, 1.165) is 5.56 Å². The van der Waals surface area contributed by atoms with Crippen LogP contribution in [0.3, 0.4) is 0 Å². The van der Waals surface area contributed by atoms with Crippen LogP contribution in [0.5, 0.6) is 0 Å². The number of hydrogen-bond acceptors (Lipinski definition) is 3. The zero-order valence-electron chi connectivity index (χ0n) is 12.0. The van der Waals surface area contributed by atoms with Crippen molar-refractivity contribution in [3.63, 3.8) is 0 Å². The molecule has 1 amide bonds. The Morgan fingerprint density at radius 2 is 2.10 bits per heavy atom. The van der Waals surface area contributed by atoms with E-state index >= 15 is 0 Å². The molecule has 112 valence electrons. The van der Waals surface area contributed by atoms with Gasteiger partial charge in [0.1, 0.15) is 0 Å². The lowest BCUT2D eigenvalue weighted by Crippen LogP contribution is -2.49. The van der Waals surface area contributed by atoms with Gasteiger partial charge in [-0.3, -0.25) is 4.79 Å². The van der Waals surface area contributed by atoms with Crippen LogP contribution < -0.4 is 5.73 Å². The highest BCUT2D eigenvalue weighted by atomic mass is 35.5. The molecule has 0 spiro atoms. The van der Waals surface area contributed by atoms with Crippen molar-refractivity contribution < 1.29 is 9.53 Å². The number of ether oxygens (including phenoxy) is 1. The van der Waals surface area contributed by atoms with Crippen LogP contribution in [0.1, 0.15) is 25.5 Å². The van der Waals surface area contributed by atoms with Crippen molar-refractivity contribution in [2.75, 3.05) is 19.7 Å². The summed E-state index contributed by atoms with van der Waals surface area (Å²) in [6.07, 6.45) is 0.0777. The molecule has 4 nitrogen and oxygen atoms in total. The van der Waals surface area contributed by atoms with E-state index < -0.39 is 0 Å². The molecule has 1 aromatic rings. The molecule has 0 aliphatic carbocycles. The van der Waals surface area contributed by atoms with E-state index in [1.54, 1.807) is 0 Å². The van der Waals surface area contributed by atoms with Crippen LogP contribution in [-0.4, -0.2) is 36.6 Å². The van der Waals surface area contributed by atoms with E-state index in [-0.39, 0.29) is 36.4 Å². The molecular formula is C15H23ClN2O2. The summed E-state index contributed by atoms with van der Waals surface area (Å²) < 4.78 is 5.71. The molecule has 2 N–H and O–H groups in total. The van der Waals surface area contributed by atoms with E-state index in [4.69, 9.17) is 10.5 Å². The van der Waals surface area contributed by atoms with Gasteiger partial charge in [-0.1, -0.05) is 37.3 Å². The lowest BCUT2D eigenvalue weighted by molar-refractivity contribution is -0.148. The maximum Gasteiger partial charge on any atom is 0.227 e. The monoisotopic (exact) mass is 298 g/mol. The highest BCUT2D eigenvalue weighted by Gasteiger charge is 2.33. The number of halogens is 1. The molecule has 0 radical (unpaired) electrons. The van der Waals surface area contributed by atoms with Gasteiger partial charge < -0.3 is 15.4 Å². The summed E-state index contributed by atoms with van der Waals surface area (Å²) in [7, 11) is 0. The van der Waals surface area contributed by atoms with Crippen molar-refractivity contribution in [3.05, 3.63) is 35.9 Å². The first kappa shape index (κ1) is 17.0. The maximum absolute atomic E-state index is 12.4. The molecule has 0 aromatic heterocycles. The standard InChI is InChI=1S/C15H22N2O2.ClH/c1-11(8-16)15(18)17-9-12(2)19-10-14(17)13-6-4-3-5-7-13;/h3-7,11-12,14H,8-10,16H2,1-2H3;1H. The zero-order chi connectivity index (χ0) is 13.8. The smallest absolute Gasteiger partial charge is 0.227 e. The summed E-state index contributed by atoms with van der Waals surface area (Å²) in [5.41, 5.74) is 6.74. The first-order valence-corrected chi connectivity index (χ1v) is 6.80. The summed E-state index contributed by atoms with van der Waals surface area (Å²) in [6.45, 7) is 5.43. The number of rotatable bonds is 3. The molecule has 1 aromatic carbocycles. The second kappa shape index (κ2) is 7.62. The quantitative estimate of drug-likeness (QED) is 0.928. The third-order valence-corrected chi connectivity index (χ3v) is 3.61. The Balaban J connectivity index is 0.00000200. The van der Waals surface area contributed by atoms with Gasteiger partial charge in [0.25, 0.3) is 0 Å². The summed E-state index contributed by atoms with van der Waals surface area (Å²) in [5, 5.41) is 0. The van der Waals surface area contributed by atoms with E-state index in [0.29, 0.717) is 19.7 Å². The molecule has 0 saturated carbocycles. The van der Waals surface area contributed by atoms with E-state index in [1.165, 1.54) is 0 Å². The third-order valence-electron chi connectivity index (χ3n) is 3.61. The summed E-state index contributed by atoms with van der Waals surface area (Å²) >= 11 is 0. The Hall–Kier alpha value is -1.10. The molecule has 1 heterocycles. The normalized spacial score (nSPS) is 23.9. The fraction of sp³-hybridized carbons (Fsp3) is 0.533. The molecule has 1 fully saturated rings. The van der Waals surface area contributed by atoms with E-state index in [2.05, 4.69) is 0 Å². The van der Waals surface area contributed by atoms with Crippen LogP contribution in [0.4, 0.5) is 0 Å². The molecule has 1 saturated heterocycles. The van der Waals surface area contributed by atoms with E-state index in [9.17, 15) is 4.79 Å². The summed E-state index contributed by atoms with van der Waals surface area (Å²) in [4.78, 5) is 14.4. The minimum Gasteiger partial charge on any atom is -0.374 e. The number of benzene rings is 1. The molecule has 20 heavy (non-hydrogen) atoms. The number of hydrogen-bond donors (Lipinski definition) is 1. The molecule has 3 unspecified atom stereocenters. The maximum atomic E-state index is 12.4. The highest BCUT2D eigenvalue weighted by molar-refractivity contribution is 5.85. The Morgan fingerprint density at radius 1 is 1.45 bits per heavy atom. The number of amides is 1. The zero-order valence-corrected chi connectivity index (χ0v) is 12.8. The Bertz CT molecular complexity index is 427. The minimum atomic E-state index is -0.142. The van der Waals surface area contributed by atoms with Crippen molar-refractivity contribution in [2.24, 2.45) is 11.7 Å². The van der Waals surface area contributed by atoms with Crippen LogP contribution in [0.25, 0.3) is 0 Å². The molecule has 1 aliphatic heterocycles. The van der Waals surface area contributed by atoms with Gasteiger partial charge in [0.15, 0.2) is 0 Å². The van der Waals surface area contributed by atoms with Crippen molar-refractivity contribution in [1.29, 1.82) is 0 Å². The van der Waals surface area contributed by atoms with Gasteiger partial charge >= 0.3 is 0 Å². The Kier molecular flexibility index (Phi) is 6.46. The second-order valence-corrected chi connectivity index (χ2v) is 5.20. The fourth-order valence-corrected chi connectivity index (χ4v) is 2.38. The van der Waals surface area contributed by atoms with Crippen LogP contribution in [0.15, 0.2) is 30.3 Å². The highest BCUT2D eigenvalue weighted by Crippen LogP contribution is 2.27. The Labute approximate surface area is 126 Å². The molecule has 3 atom stereocenters. The number of morpholine rings is 1. The Morgan fingerprint density at radius 3 is 2.70 bits per heavy atom.